The molecule has 0 aliphatic carbocycles. The Labute approximate surface area is 92.2 Å². The van der Waals surface area contributed by atoms with Crippen LogP contribution < -0.4 is 4.74 Å². The van der Waals surface area contributed by atoms with Crippen LogP contribution >= 0.6 is 0 Å². The van der Waals surface area contributed by atoms with Gasteiger partial charge in [0.05, 0.1) is 6.61 Å². The number of hydrogen-bond acceptors (Lipinski definition) is 3. The molecule has 0 saturated heterocycles. The average Bonchev–Trinajstić information content (AvgIpc) is 2.72. The van der Waals surface area contributed by atoms with Crippen molar-refractivity contribution in [3.05, 3.63) is 41.5 Å². The Hall–Kier alpha value is -2.10. The van der Waals surface area contributed by atoms with Gasteiger partial charge in [-0.2, -0.15) is 0 Å². The predicted molar refractivity (Wildman–Crippen MR) is 56.7 cm³/mol. The van der Waals surface area contributed by atoms with E-state index in [1.165, 1.54) is 0 Å². The molecule has 0 aromatic heterocycles. The van der Waals surface area contributed by atoms with Gasteiger partial charge in [-0.1, -0.05) is 0 Å². The highest BCUT2D eigenvalue weighted by Gasteiger charge is 2.13. The van der Waals surface area contributed by atoms with Crippen LogP contribution in [0.5, 0.6) is 5.75 Å². The molecule has 0 radical (unpaired) electrons. The van der Waals surface area contributed by atoms with E-state index in [9.17, 15) is 9.59 Å². The van der Waals surface area contributed by atoms with Gasteiger partial charge in [-0.15, -0.1) is 0 Å². The van der Waals surface area contributed by atoms with Gasteiger partial charge in [0.1, 0.15) is 5.75 Å². The SMILES string of the molecule is O=C(O)C=CC(=O)c1ccc2c(c1)CCO2. The summed E-state index contributed by atoms with van der Waals surface area (Å²) in [5.41, 5.74) is 1.48. The minimum Gasteiger partial charge on any atom is -0.493 e. The highest BCUT2D eigenvalue weighted by Crippen LogP contribution is 2.25. The molecule has 1 heterocycles. The standard InChI is InChI=1S/C12H10O4/c13-10(2-4-12(14)15)8-1-3-11-9(7-8)5-6-16-11/h1-4,7H,5-6H2,(H,14,15). The highest BCUT2D eigenvalue weighted by molar-refractivity contribution is 6.07. The maximum absolute atomic E-state index is 11.6. The first kappa shape index (κ1) is 10.4. The lowest BCUT2D eigenvalue weighted by Gasteiger charge is -2.00. The maximum atomic E-state index is 11.6. The number of ether oxygens (including phenoxy) is 1. The van der Waals surface area contributed by atoms with Crippen molar-refractivity contribution in [2.45, 2.75) is 6.42 Å². The molecule has 0 bridgehead atoms. The number of fused-ring (bicyclic) bond motifs is 1. The summed E-state index contributed by atoms with van der Waals surface area (Å²) in [5, 5.41) is 8.41. The minimum atomic E-state index is -1.13. The molecular formula is C12H10O4. The Bertz CT molecular complexity index is 474. The van der Waals surface area contributed by atoms with Crippen LogP contribution in [0, 0.1) is 0 Å². The summed E-state index contributed by atoms with van der Waals surface area (Å²) in [5.74, 6) is -0.631. The fraction of sp³-hybridized carbons (Fsp3) is 0.167. The molecule has 16 heavy (non-hydrogen) atoms. The van der Waals surface area contributed by atoms with E-state index in [0.29, 0.717) is 12.2 Å². The molecule has 4 heteroatoms. The van der Waals surface area contributed by atoms with E-state index in [-0.39, 0.29) is 5.78 Å². The van der Waals surface area contributed by atoms with Crippen molar-refractivity contribution < 1.29 is 19.4 Å². The molecule has 1 aromatic rings. The summed E-state index contributed by atoms with van der Waals surface area (Å²) < 4.78 is 5.31. The van der Waals surface area contributed by atoms with E-state index in [1.807, 2.05) is 0 Å². The molecular weight excluding hydrogens is 208 g/mol. The zero-order chi connectivity index (χ0) is 11.5. The zero-order valence-corrected chi connectivity index (χ0v) is 8.47. The molecule has 0 spiro atoms. The first-order valence-corrected chi connectivity index (χ1v) is 4.88. The molecule has 4 nitrogen and oxygen atoms in total. The van der Waals surface area contributed by atoms with Crippen molar-refractivity contribution in [3.63, 3.8) is 0 Å². The number of carboxylic acids is 1. The quantitative estimate of drug-likeness (QED) is 0.616. The lowest BCUT2D eigenvalue weighted by molar-refractivity contribution is -0.131. The molecule has 82 valence electrons. The average molecular weight is 218 g/mol. The van der Waals surface area contributed by atoms with Gasteiger partial charge >= 0.3 is 5.97 Å². The molecule has 2 rings (SSSR count). The summed E-state index contributed by atoms with van der Waals surface area (Å²) in [7, 11) is 0. The van der Waals surface area contributed by atoms with Crippen molar-refractivity contribution in [2.24, 2.45) is 0 Å². The number of allylic oxidation sites excluding steroid dienone is 1. The van der Waals surface area contributed by atoms with Gasteiger partial charge in [0, 0.05) is 18.1 Å². The van der Waals surface area contributed by atoms with Crippen molar-refractivity contribution in [3.8, 4) is 5.75 Å². The minimum absolute atomic E-state index is 0.308. The van der Waals surface area contributed by atoms with Gasteiger partial charge < -0.3 is 9.84 Å². The van der Waals surface area contributed by atoms with Crippen molar-refractivity contribution in [1.82, 2.24) is 0 Å². The number of rotatable bonds is 3. The largest absolute Gasteiger partial charge is 0.493 e. The monoisotopic (exact) mass is 218 g/mol. The molecule has 1 aliphatic heterocycles. The lowest BCUT2D eigenvalue weighted by Crippen LogP contribution is -1.97. The first-order chi connectivity index (χ1) is 7.66. The molecule has 0 amide bonds. The maximum Gasteiger partial charge on any atom is 0.328 e. The van der Waals surface area contributed by atoms with Gasteiger partial charge in [0.15, 0.2) is 5.78 Å². The van der Waals surface area contributed by atoms with Crippen LogP contribution in [-0.4, -0.2) is 23.5 Å². The predicted octanol–water partition coefficient (Wildman–Crippen LogP) is 1.45. The second-order valence-electron chi connectivity index (χ2n) is 3.46. The number of aliphatic carboxylic acids is 1. The number of benzene rings is 1. The van der Waals surface area contributed by atoms with Crippen molar-refractivity contribution in [1.29, 1.82) is 0 Å². The Kier molecular flexibility index (Phi) is 2.72. The summed E-state index contributed by atoms with van der Waals surface area (Å²) in [4.78, 5) is 21.8. The van der Waals surface area contributed by atoms with E-state index >= 15 is 0 Å². The molecule has 0 saturated carbocycles. The van der Waals surface area contributed by atoms with E-state index in [0.717, 1.165) is 29.9 Å². The normalized spacial score (nSPS) is 13.5. The summed E-state index contributed by atoms with van der Waals surface area (Å²) in [6, 6.07) is 5.12. The van der Waals surface area contributed by atoms with Gasteiger partial charge in [-0.3, -0.25) is 4.79 Å². The molecule has 0 atom stereocenters. The third-order valence-corrected chi connectivity index (χ3v) is 2.35. The summed E-state index contributed by atoms with van der Waals surface area (Å²) >= 11 is 0. The smallest absolute Gasteiger partial charge is 0.328 e. The number of carbonyl (C=O) groups is 2. The van der Waals surface area contributed by atoms with E-state index < -0.39 is 5.97 Å². The molecule has 0 unspecified atom stereocenters. The summed E-state index contributed by atoms with van der Waals surface area (Å²) in [6.07, 6.45) is 2.69. The number of ketones is 1. The van der Waals surface area contributed by atoms with Crippen LogP contribution in [0.15, 0.2) is 30.4 Å². The second kappa shape index (κ2) is 4.18. The van der Waals surface area contributed by atoms with Crippen LogP contribution in [0.2, 0.25) is 0 Å². The number of carbonyl (C=O) groups excluding carboxylic acids is 1. The lowest BCUT2D eigenvalue weighted by atomic mass is 10.1. The topological polar surface area (TPSA) is 63.6 Å². The van der Waals surface area contributed by atoms with Gasteiger partial charge in [-0.25, -0.2) is 4.79 Å². The molecule has 1 aromatic carbocycles. The second-order valence-corrected chi connectivity index (χ2v) is 3.46. The Balaban J connectivity index is 2.21. The molecule has 1 N–H and O–H groups in total. The van der Waals surface area contributed by atoms with E-state index in [1.54, 1.807) is 18.2 Å². The zero-order valence-electron chi connectivity index (χ0n) is 8.47. The Morgan fingerprint density at radius 1 is 1.31 bits per heavy atom. The Morgan fingerprint density at radius 2 is 2.12 bits per heavy atom. The fourth-order valence-corrected chi connectivity index (χ4v) is 1.58. The van der Waals surface area contributed by atoms with Crippen molar-refractivity contribution >= 4 is 11.8 Å². The van der Waals surface area contributed by atoms with Crippen LogP contribution in [0.25, 0.3) is 0 Å². The molecule has 0 fully saturated rings. The van der Waals surface area contributed by atoms with Crippen molar-refractivity contribution in [2.75, 3.05) is 6.61 Å². The van der Waals surface area contributed by atoms with Gasteiger partial charge in [0.25, 0.3) is 0 Å². The third kappa shape index (κ3) is 2.11. The number of hydrogen-bond donors (Lipinski definition) is 1. The third-order valence-electron chi connectivity index (χ3n) is 2.35. The Morgan fingerprint density at radius 3 is 2.88 bits per heavy atom. The first-order valence-electron chi connectivity index (χ1n) is 4.88. The van der Waals surface area contributed by atoms with Crippen LogP contribution in [0.3, 0.4) is 0 Å². The number of carboxylic acid groups (broad SMARTS) is 1. The van der Waals surface area contributed by atoms with Crippen LogP contribution in [-0.2, 0) is 11.2 Å². The molecule has 1 aliphatic rings. The van der Waals surface area contributed by atoms with E-state index in [4.69, 9.17) is 9.84 Å². The van der Waals surface area contributed by atoms with Crippen LogP contribution in [0.4, 0.5) is 0 Å². The van der Waals surface area contributed by atoms with E-state index in [2.05, 4.69) is 0 Å². The van der Waals surface area contributed by atoms with Gasteiger partial charge in [0.2, 0.25) is 0 Å². The fourth-order valence-electron chi connectivity index (χ4n) is 1.58. The van der Waals surface area contributed by atoms with Crippen LogP contribution in [0.1, 0.15) is 15.9 Å². The summed E-state index contributed by atoms with van der Waals surface area (Å²) in [6.45, 7) is 0.637. The van der Waals surface area contributed by atoms with Gasteiger partial charge in [-0.05, 0) is 29.8 Å². The highest BCUT2D eigenvalue weighted by atomic mass is 16.5.